The Morgan fingerprint density at radius 1 is 0.298 bits per heavy atom. The summed E-state index contributed by atoms with van der Waals surface area (Å²) in [5, 5.41) is 73.2. The molecule has 0 amide bonds. The van der Waals surface area contributed by atoms with E-state index in [1.165, 1.54) is 0 Å². The first kappa shape index (κ1) is 68.6. The van der Waals surface area contributed by atoms with E-state index in [1.54, 1.807) is 74.4 Å². The monoisotopic (exact) mass is 1640 g/mol. The Kier molecular flexibility index (Phi) is 30.0. The minimum absolute atomic E-state index is 0. The molecule has 12 aromatic rings. The zero-order valence-electron chi connectivity index (χ0n) is 43.3. The standard InChI is InChI=1S/4C9H10BN6.C6H2Br2O4.2CH2Cl2.2Dy/c4*1-4-11-14(7-1)10(15-8-2-5-12-15)16-9-3-6-13-16;7-1-3(9)5(11)2(8)6(12)4(1)10;2*2-1-3;;/h4*1-10H;9,12H;2*1H2;;/q4*-1;;;;2*+3/p-2. The summed E-state index contributed by atoms with van der Waals surface area (Å²) in [7, 11) is -4.50. The average molecular weight is 1640 g/mol. The molecule has 0 saturated heterocycles. The smallest absolute Gasteiger partial charge is 0.869 e. The van der Waals surface area contributed by atoms with Crippen molar-refractivity contribution >= 4 is 118 Å². The Morgan fingerprint density at radius 2 is 0.405 bits per heavy atom. The van der Waals surface area contributed by atoms with Crippen LogP contribution in [0.1, 0.15) is 0 Å². The summed E-state index contributed by atoms with van der Waals surface area (Å²) < 4.78 is 21.5. The quantitative estimate of drug-likeness (QED) is 0.0955. The Morgan fingerprint density at radius 3 is 0.488 bits per heavy atom. The summed E-state index contributed by atoms with van der Waals surface area (Å²) in [6, 6.07) is 22.7. The van der Waals surface area contributed by atoms with Crippen molar-refractivity contribution in [1.82, 2.24) is 116 Å². The van der Waals surface area contributed by atoms with E-state index >= 15 is 0 Å². The summed E-state index contributed by atoms with van der Waals surface area (Å²) in [6.45, 7) is 0. The predicted molar refractivity (Wildman–Crippen MR) is 315 cm³/mol. The Hall–Kier alpha value is -6.13. The summed E-state index contributed by atoms with van der Waals surface area (Å²) in [5.74, 6) is -3.98. The molecule has 0 unspecified atom stereocenters. The van der Waals surface area contributed by atoms with E-state index in [-0.39, 0.29) is 87.0 Å². The molecule has 40 heteroatoms. The van der Waals surface area contributed by atoms with Crippen LogP contribution in [-0.4, -0.2) is 167 Å². The second-order valence-corrected chi connectivity index (χ2v) is 19.6. The van der Waals surface area contributed by atoms with Crippen molar-refractivity contribution in [3.05, 3.63) is 242 Å². The first-order valence-electron chi connectivity index (χ1n) is 24.2. The maximum atomic E-state index is 10.8. The number of carbonyl (C=O) groups excluding carboxylic acids is 2. The minimum atomic E-state index is -1.12. The summed E-state index contributed by atoms with van der Waals surface area (Å²) >= 11 is 24.2. The third-order valence-electron chi connectivity index (χ3n) is 11.4. The van der Waals surface area contributed by atoms with E-state index in [4.69, 9.17) is 46.4 Å². The number of Topliss-reactive ketones (excluding diaryl/α,β-unsaturated/α-hetero) is 2. The van der Waals surface area contributed by atoms with Gasteiger partial charge in [-0.25, -0.2) is 61.2 Å². The van der Waals surface area contributed by atoms with Crippen molar-refractivity contribution in [3.8, 4) is 0 Å². The minimum Gasteiger partial charge on any atom is -0.869 e. The van der Waals surface area contributed by atoms with Crippen LogP contribution in [0.15, 0.2) is 242 Å². The maximum Gasteiger partial charge on any atom is 3.00 e. The normalized spacial score (nSPS) is 11.6. The molecular formula is C44H44B4Br2Cl4Dy2N24O4. The number of aromatic nitrogens is 24. The molecule has 28 nitrogen and oxygen atoms in total. The number of hydrogen-bond acceptors (Lipinski definition) is 16. The molecule has 0 spiro atoms. The van der Waals surface area contributed by atoms with E-state index < -0.39 is 60.5 Å². The van der Waals surface area contributed by atoms with Gasteiger partial charge in [0.25, 0.3) is 0 Å². The van der Waals surface area contributed by atoms with Gasteiger partial charge in [0.15, 0.2) is 11.6 Å². The third-order valence-corrected chi connectivity index (χ3v) is 12.8. The van der Waals surface area contributed by atoms with Gasteiger partial charge in [-0.3, -0.25) is 9.59 Å². The Labute approximate surface area is 576 Å². The van der Waals surface area contributed by atoms with Gasteiger partial charge in [0.2, 0.25) is 0 Å². The van der Waals surface area contributed by atoms with E-state index in [0.29, 0.717) is 0 Å². The molecule has 12 heterocycles. The van der Waals surface area contributed by atoms with Crippen molar-refractivity contribution in [2.75, 3.05) is 10.7 Å². The van der Waals surface area contributed by atoms with E-state index in [0.717, 1.165) is 0 Å². The van der Waals surface area contributed by atoms with Crippen LogP contribution in [-0.2, 0) is 9.59 Å². The molecule has 1 aliphatic rings. The molecule has 12 aromatic heterocycles. The summed E-state index contributed by atoms with van der Waals surface area (Å²) in [5.41, 5.74) is 0. The van der Waals surface area contributed by atoms with Crippen molar-refractivity contribution in [2.24, 2.45) is 0 Å². The van der Waals surface area contributed by atoms with Crippen molar-refractivity contribution in [1.29, 1.82) is 0 Å². The van der Waals surface area contributed by atoms with Gasteiger partial charge in [0.05, 0.1) is 19.6 Å². The zero-order valence-corrected chi connectivity index (χ0v) is 53.5. The van der Waals surface area contributed by atoms with Crippen LogP contribution in [0.3, 0.4) is 0 Å². The van der Waals surface area contributed by atoms with E-state index in [1.807, 2.05) is 202 Å². The fraction of sp³-hybridized carbons (Fsp3) is 0.0455. The third kappa shape index (κ3) is 18.9. The van der Waals surface area contributed by atoms with Crippen molar-refractivity contribution in [3.63, 3.8) is 0 Å². The number of hydrogen-bond donors (Lipinski definition) is 0. The number of alkyl halides is 4. The van der Waals surface area contributed by atoms with Gasteiger partial charge >= 0.3 is 105 Å². The van der Waals surface area contributed by atoms with Crippen molar-refractivity contribution in [2.45, 2.75) is 0 Å². The first-order chi connectivity index (χ1) is 40.1. The molecule has 0 fully saturated rings. The molecule has 438 valence electrons. The van der Waals surface area contributed by atoms with Gasteiger partial charge < -0.3 is 65.3 Å². The van der Waals surface area contributed by atoms with E-state index in [2.05, 4.69) is 93.0 Å². The largest absolute Gasteiger partial charge is 3.00 e. The molecule has 0 saturated carbocycles. The fourth-order valence-corrected chi connectivity index (χ4v) is 8.72. The number of allylic oxidation sites excluding steroid dienone is 2. The molecule has 2 radical (unpaired) electrons. The van der Waals surface area contributed by atoms with Crippen LogP contribution in [0.2, 0.25) is 0 Å². The van der Waals surface area contributed by atoms with Gasteiger partial charge in [-0.15, -0.1) is 46.4 Å². The fourth-order valence-electron chi connectivity index (χ4n) is 8.00. The first-order valence-corrected chi connectivity index (χ1v) is 27.9. The van der Waals surface area contributed by atoms with Crippen molar-refractivity contribution < 1.29 is 96.1 Å². The molecule has 0 N–H and O–H groups in total. The molecular weight excluding hydrogens is 1600 g/mol. The molecule has 0 aliphatic heterocycles. The predicted octanol–water partition coefficient (Wildman–Crippen LogP) is 1.67. The maximum absolute atomic E-state index is 10.8. The average Bonchev–Trinajstić information content (AvgIpc) is 3.96. The van der Waals surface area contributed by atoms with Crippen LogP contribution in [0, 0.1) is 76.3 Å². The number of halogens is 6. The number of rotatable bonds is 12. The molecule has 84 heavy (non-hydrogen) atoms. The number of nitrogens with zero attached hydrogens (tertiary/aromatic N) is 24. The summed E-state index contributed by atoms with van der Waals surface area (Å²) in [6.07, 6.45) is 44.1. The van der Waals surface area contributed by atoms with E-state index in [9.17, 15) is 19.8 Å². The van der Waals surface area contributed by atoms with Gasteiger partial charge in [0, 0.05) is 74.4 Å². The van der Waals surface area contributed by atoms with Crippen LogP contribution in [0.25, 0.3) is 0 Å². The Bertz CT molecular complexity index is 2850. The summed E-state index contributed by atoms with van der Waals surface area (Å²) in [4.78, 5) is 21.7. The second kappa shape index (κ2) is 36.7. The number of ketones is 2. The van der Waals surface area contributed by atoms with Gasteiger partial charge in [-0.1, -0.05) is 0 Å². The number of carbonyl (C=O) groups is 2. The van der Waals surface area contributed by atoms with Crippen LogP contribution in [0.5, 0.6) is 0 Å². The molecule has 0 atom stereocenters. The van der Waals surface area contributed by atoms with Gasteiger partial charge in [0.1, 0.15) is 0 Å². The van der Waals surface area contributed by atoms with Crippen LogP contribution >= 0.6 is 78.3 Å². The van der Waals surface area contributed by atoms with Gasteiger partial charge in [-0.05, 0) is 191 Å². The zero-order chi connectivity index (χ0) is 58.1. The molecule has 0 bridgehead atoms. The van der Waals surface area contributed by atoms with Crippen LogP contribution in [0.4, 0.5) is 0 Å². The SMILES string of the molecule is ClCCl.ClCCl.O=C1C([O-])=C(Br)C(=O)C([O-])=C1Br.[Dy+3].[Dy+3].c1cnn([BH-](n2cccn2)n2cccn2)c1.c1cnn([BH-](n2cccn2)n2cccn2)c1.c1cnn([BH-](n2cccn2)n2cccn2)c1.c1cnn([BH-](n2cccn2)n2cccn2)c1. The van der Waals surface area contributed by atoms with Gasteiger partial charge in [-0.2, -0.15) is 0 Å². The molecule has 13 rings (SSSR count). The molecule has 0 aromatic carbocycles. The second-order valence-electron chi connectivity index (χ2n) is 16.4. The topological polar surface area (TPSA) is 294 Å². The molecule has 1 aliphatic carbocycles. The van der Waals surface area contributed by atoms with Crippen LogP contribution < -0.4 is 10.2 Å². The Balaban J connectivity index is 0.000000187.